The highest BCUT2D eigenvalue weighted by Crippen LogP contribution is 2.48. The summed E-state index contributed by atoms with van der Waals surface area (Å²) in [6.45, 7) is 4.25. The number of Topliss-reactive ketones (excluding diaryl/α,β-unsaturated/α-hetero) is 2. The zero-order valence-corrected chi connectivity index (χ0v) is 30.5. The van der Waals surface area contributed by atoms with Crippen molar-refractivity contribution in [3.8, 4) is 22.3 Å². The molecule has 6 aromatic carbocycles. The molecule has 0 spiro atoms. The van der Waals surface area contributed by atoms with Crippen LogP contribution in [0.4, 0.5) is 22.7 Å². The molecule has 9 rings (SSSR count). The summed E-state index contributed by atoms with van der Waals surface area (Å²) in [6.07, 6.45) is 6.61. The normalized spacial score (nSPS) is 21.0. The molecular weight excluding hydrogens is 649 g/mol. The Hall–Kier alpha value is -5.61. The van der Waals surface area contributed by atoms with Crippen molar-refractivity contribution >= 4 is 50.8 Å². The molecule has 262 valence electrons. The Kier molecular flexibility index (Phi) is 8.62. The molecule has 0 heterocycles. The Morgan fingerprint density at radius 3 is 1.53 bits per heavy atom. The average molecular weight is 693 g/mol. The molecule has 4 nitrogen and oxygen atoms in total. The predicted molar refractivity (Wildman–Crippen MR) is 218 cm³/mol. The number of aliphatic imine (C=N–C) groups is 1. The van der Waals surface area contributed by atoms with E-state index in [2.05, 4.69) is 140 Å². The van der Waals surface area contributed by atoms with Gasteiger partial charge in [-0.2, -0.15) is 0 Å². The van der Waals surface area contributed by atoms with Gasteiger partial charge >= 0.3 is 0 Å². The fourth-order valence-electron chi connectivity index (χ4n) is 9.31. The zero-order valence-electron chi connectivity index (χ0n) is 30.5. The molecule has 53 heavy (non-hydrogen) atoms. The highest BCUT2D eigenvalue weighted by molar-refractivity contribution is 6.70. The maximum absolute atomic E-state index is 13.6. The van der Waals surface area contributed by atoms with Crippen molar-refractivity contribution in [3.63, 3.8) is 0 Å². The van der Waals surface area contributed by atoms with Crippen molar-refractivity contribution in [1.82, 2.24) is 0 Å². The van der Waals surface area contributed by atoms with E-state index in [1.165, 1.54) is 59.1 Å². The number of fused-ring (bicyclic) bond motifs is 3. The summed E-state index contributed by atoms with van der Waals surface area (Å²) < 4.78 is 0. The summed E-state index contributed by atoms with van der Waals surface area (Å²) in [5.41, 5.74) is 11.2. The molecule has 0 radical (unpaired) electrons. The zero-order chi connectivity index (χ0) is 36.1. The van der Waals surface area contributed by atoms with Gasteiger partial charge in [0.2, 0.25) is 0 Å². The minimum absolute atomic E-state index is 0.0306. The number of carbonyl (C=O) groups excluding carboxylic acids is 2. The quantitative estimate of drug-likeness (QED) is 0.175. The van der Waals surface area contributed by atoms with Crippen LogP contribution in [0.2, 0.25) is 0 Å². The fraction of sp³-hybridized carbons (Fsp3) is 0.245. The van der Waals surface area contributed by atoms with Crippen LogP contribution in [0.15, 0.2) is 138 Å². The van der Waals surface area contributed by atoms with Crippen LogP contribution in [-0.4, -0.2) is 17.3 Å². The number of ketones is 2. The summed E-state index contributed by atoms with van der Waals surface area (Å²) in [6, 6.07) is 47.2. The molecule has 0 N–H and O–H groups in total. The lowest BCUT2D eigenvalue weighted by Crippen LogP contribution is -2.35. The van der Waals surface area contributed by atoms with Gasteiger partial charge in [0.1, 0.15) is 0 Å². The van der Waals surface area contributed by atoms with Crippen molar-refractivity contribution in [2.75, 3.05) is 4.90 Å². The van der Waals surface area contributed by atoms with Crippen molar-refractivity contribution in [3.05, 3.63) is 145 Å². The van der Waals surface area contributed by atoms with Crippen molar-refractivity contribution in [1.29, 1.82) is 0 Å². The maximum atomic E-state index is 13.6. The molecule has 3 saturated carbocycles. The minimum Gasteiger partial charge on any atom is -0.310 e. The van der Waals surface area contributed by atoms with Gasteiger partial charge in [0.25, 0.3) is 0 Å². The average Bonchev–Trinajstić information content (AvgIpc) is 3.41. The molecule has 3 aliphatic rings. The van der Waals surface area contributed by atoms with E-state index >= 15 is 0 Å². The van der Waals surface area contributed by atoms with Crippen LogP contribution >= 0.6 is 0 Å². The van der Waals surface area contributed by atoms with Crippen molar-refractivity contribution in [2.24, 2.45) is 28.7 Å². The van der Waals surface area contributed by atoms with Gasteiger partial charge < -0.3 is 4.90 Å². The standard InChI is InChI=1S/C49H44N2O2/c1-31-7-5-11-35(25-31)33-14-20-42(21-15-33)51(43-22-16-34(17-23-43)36-12-6-8-32(2)26-36)44-24-18-39-27-41(19-13-40(39)28-44)50-47-48(52)45-29-37-9-3-4-10-38(37)30-46(45)49(47)53/h5-8,11-28,37-38,45-46H,3-4,9-10,29-30H2,1-2H3. The summed E-state index contributed by atoms with van der Waals surface area (Å²) in [5.74, 6) is 0.770. The van der Waals surface area contributed by atoms with Gasteiger partial charge in [0.05, 0.1) is 5.69 Å². The first-order valence-corrected chi connectivity index (χ1v) is 19.2. The van der Waals surface area contributed by atoms with Crippen LogP contribution in [0.25, 0.3) is 33.0 Å². The fourth-order valence-corrected chi connectivity index (χ4v) is 9.31. The second-order valence-corrected chi connectivity index (χ2v) is 15.6. The number of aryl methyl sites for hydroxylation is 2. The van der Waals surface area contributed by atoms with E-state index in [0.29, 0.717) is 17.5 Å². The molecule has 4 atom stereocenters. The smallest absolute Gasteiger partial charge is 0.188 e. The first kappa shape index (κ1) is 33.2. The lowest BCUT2D eigenvalue weighted by atomic mass is 9.64. The number of carbonyl (C=O) groups is 2. The Bertz CT molecular complexity index is 2270. The van der Waals surface area contributed by atoms with Gasteiger partial charge in [0.15, 0.2) is 17.3 Å². The summed E-state index contributed by atoms with van der Waals surface area (Å²) in [7, 11) is 0. The van der Waals surface area contributed by atoms with E-state index in [4.69, 9.17) is 4.99 Å². The second kappa shape index (κ2) is 13.7. The highest BCUT2D eigenvalue weighted by atomic mass is 16.2. The Morgan fingerprint density at radius 2 is 1.00 bits per heavy atom. The summed E-state index contributed by atoms with van der Waals surface area (Å²) >= 11 is 0. The van der Waals surface area contributed by atoms with Gasteiger partial charge in [0, 0.05) is 28.9 Å². The van der Waals surface area contributed by atoms with E-state index in [9.17, 15) is 9.59 Å². The maximum Gasteiger partial charge on any atom is 0.188 e. The highest BCUT2D eigenvalue weighted by Gasteiger charge is 2.52. The first-order valence-electron chi connectivity index (χ1n) is 19.2. The Labute approximate surface area is 312 Å². The third-order valence-electron chi connectivity index (χ3n) is 12.1. The van der Waals surface area contributed by atoms with Gasteiger partial charge in [-0.15, -0.1) is 0 Å². The van der Waals surface area contributed by atoms with Gasteiger partial charge in [-0.1, -0.05) is 122 Å². The number of benzene rings is 6. The van der Waals surface area contributed by atoms with E-state index < -0.39 is 0 Å². The number of nitrogens with zero attached hydrogens (tertiary/aromatic N) is 2. The van der Waals surface area contributed by atoms with Crippen LogP contribution in [0.1, 0.15) is 49.7 Å². The molecule has 4 heteroatoms. The third-order valence-corrected chi connectivity index (χ3v) is 12.1. The lowest BCUT2D eigenvalue weighted by molar-refractivity contribution is -0.123. The topological polar surface area (TPSA) is 49.7 Å². The Balaban J connectivity index is 1.04. The van der Waals surface area contributed by atoms with Crippen LogP contribution < -0.4 is 4.90 Å². The molecule has 3 fully saturated rings. The molecular formula is C49H44N2O2. The number of hydrogen-bond donors (Lipinski definition) is 0. The molecule has 0 aromatic heterocycles. The van der Waals surface area contributed by atoms with Gasteiger partial charge in [-0.25, -0.2) is 4.99 Å². The van der Waals surface area contributed by atoms with E-state index in [-0.39, 0.29) is 29.1 Å². The van der Waals surface area contributed by atoms with E-state index in [0.717, 1.165) is 40.7 Å². The first-order chi connectivity index (χ1) is 25.9. The van der Waals surface area contributed by atoms with E-state index in [1.807, 2.05) is 12.1 Å². The van der Waals surface area contributed by atoms with Crippen LogP contribution in [0.3, 0.4) is 0 Å². The lowest BCUT2D eigenvalue weighted by Gasteiger charge is -2.39. The minimum atomic E-state index is -0.175. The van der Waals surface area contributed by atoms with Crippen LogP contribution in [0, 0.1) is 37.5 Å². The monoisotopic (exact) mass is 692 g/mol. The predicted octanol–water partition coefficient (Wildman–Crippen LogP) is 12.3. The van der Waals surface area contributed by atoms with Crippen LogP contribution in [0.5, 0.6) is 0 Å². The molecule has 0 saturated heterocycles. The Morgan fingerprint density at radius 1 is 0.509 bits per heavy atom. The summed E-state index contributed by atoms with van der Waals surface area (Å²) in [4.78, 5) is 34.2. The van der Waals surface area contributed by atoms with Gasteiger partial charge in [-0.05, 0) is 120 Å². The molecule has 0 bridgehead atoms. The number of anilines is 3. The molecule has 6 aromatic rings. The van der Waals surface area contributed by atoms with Gasteiger partial charge in [-0.3, -0.25) is 9.59 Å². The number of hydrogen-bond acceptors (Lipinski definition) is 4. The second-order valence-electron chi connectivity index (χ2n) is 15.6. The SMILES string of the molecule is Cc1cccc(-c2ccc(N(c3ccc(-c4cccc(C)c4)cc3)c3ccc4cc(N=C5C(=O)C6CC7CCCCC7CC6C5=O)ccc4c3)cc2)c1. The van der Waals surface area contributed by atoms with Crippen molar-refractivity contribution < 1.29 is 9.59 Å². The number of rotatable bonds is 6. The molecule has 3 aliphatic carbocycles. The molecule has 4 unspecified atom stereocenters. The van der Waals surface area contributed by atoms with Crippen molar-refractivity contribution in [2.45, 2.75) is 52.4 Å². The van der Waals surface area contributed by atoms with E-state index in [1.54, 1.807) is 0 Å². The third kappa shape index (κ3) is 6.41. The summed E-state index contributed by atoms with van der Waals surface area (Å²) in [5, 5.41) is 2.08. The molecule has 0 aliphatic heterocycles. The largest absolute Gasteiger partial charge is 0.310 e. The molecule has 0 amide bonds. The van der Waals surface area contributed by atoms with Crippen LogP contribution in [-0.2, 0) is 9.59 Å².